The van der Waals surface area contributed by atoms with Gasteiger partial charge < -0.3 is 0 Å². The minimum Gasteiger partial charge on any atom is -0.258 e. The summed E-state index contributed by atoms with van der Waals surface area (Å²) in [6, 6.07) is 1.97. The van der Waals surface area contributed by atoms with Gasteiger partial charge in [-0.3, -0.25) is 10.1 Å². The van der Waals surface area contributed by atoms with E-state index < -0.39 is 27.4 Å². The molecule has 0 saturated carbocycles. The number of rotatable bonds is 1. The van der Waals surface area contributed by atoms with E-state index in [0.29, 0.717) is 0 Å². The third kappa shape index (κ3) is 2.20. The van der Waals surface area contributed by atoms with Crippen molar-refractivity contribution in [2.24, 2.45) is 0 Å². The zero-order chi connectivity index (χ0) is 11.8. The van der Waals surface area contributed by atoms with Crippen LogP contribution in [0.1, 0.15) is 11.1 Å². The number of nitrogens with zero attached hydrogens (tertiary/aromatic N) is 1. The van der Waals surface area contributed by atoms with Crippen LogP contribution in [0.4, 0.5) is 18.9 Å². The van der Waals surface area contributed by atoms with Gasteiger partial charge in [0, 0.05) is 6.07 Å². The van der Waals surface area contributed by atoms with E-state index in [1.54, 1.807) is 0 Å². The fourth-order valence-corrected chi connectivity index (χ4v) is 1.54. The van der Waals surface area contributed by atoms with Crippen molar-refractivity contribution < 1.29 is 18.1 Å². The molecule has 0 aromatic heterocycles. The molecule has 0 spiro atoms. The summed E-state index contributed by atoms with van der Waals surface area (Å²) in [7, 11) is 0. The van der Waals surface area contributed by atoms with Crippen LogP contribution in [0, 0.1) is 17.0 Å². The lowest BCUT2D eigenvalue weighted by Crippen LogP contribution is -2.09. The van der Waals surface area contributed by atoms with E-state index in [4.69, 9.17) is 11.6 Å². The fraction of sp³-hybridized carbons (Fsp3) is 0.250. The molecular weight excluding hydrogens is 235 g/mol. The summed E-state index contributed by atoms with van der Waals surface area (Å²) in [6.45, 7) is 1.19. The van der Waals surface area contributed by atoms with E-state index in [-0.39, 0.29) is 5.56 Å². The van der Waals surface area contributed by atoms with Gasteiger partial charge in [0.1, 0.15) is 5.02 Å². The van der Waals surface area contributed by atoms with Crippen LogP contribution in [-0.4, -0.2) is 4.92 Å². The van der Waals surface area contributed by atoms with Crippen LogP contribution in [0.15, 0.2) is 12.1 Å². The Morgan fingerprint density at radius 2 is 1.93 bits per heavy atom. The molecule has 0 unspecified atom stereocenters. The van der Waals surface area contributed by atoms with Gasteiger partial charge in [-0.15, -0.1) is 0 Å². The molecule has 0 aliphatic rings. The zero-order valence-electron chi connectivity index (χ0n) is 7.43. The van der Waals surface area contributed by atoms with E-state index in [9.17, 15) is 23.3 Å². The van der Waals surface area contributed by atoms with Crippen LogP contribution in [0.5, 0.6) is 0 Å². The predicted molar refractivity (Wildman–Crippen MR) is 47.8 cm³/mol. The van der Waals surface area contributed by atoms with Crippen LogP contribution in [-0.2, 0) is 6.18 Å². The maximum Gasteiger partial charge on any atom is 0.418 e. The highest BCUT2D eigenvalue weighted by molar-refractivity contribution is 6.33. The first-order valence-corrected chi connectivity index (χ1v) is 4.13. The van der Waals surface area contributed by atoms with Gasteiger partial charge in [0.05, 0.1) is 10.5 Å². The number of halogens is 4. The normalized spacial score (nSPS) is 11.5. The van der Waals surface area contributed by atoms with Crippen molar-refractivity contribution >= 4 is 17.3 Å². The fourth-order valence-electron chi connectivity index (χ4n) is 1.15. The Morgan fingerprint density at radius 1 is 1.40 bits per heavy atom. The summed E-state index contributed by atoms with van der Waals surface area (Å²) in [6.07, 6.45) is -4.69. The standard InChI is InChI=1S/C8H5ClF3NO2/c1-4-2-3-5(13(14)15)7(9)6(4)8(10,11)12/h2-3H,1H3. The summed E-state index contributed by atoms with van der Waals surface area (Å²) < 4.78 is 37.3. The van der Waals surface area contributed by atoms with E-state index in [1.807, 2.05) is 0 Å². The summed E-state index contributed by atoms with van der Waals surface area (Å²) in [4.78, 5) is 9.42. The highest BCUT2D eigenvalue weighted by Gasteiger charge is 2.37. The number of nitro groups is 1. The summed E-state index contributed by atoms with van der Waals surface area (Å²) in [5.41, 5.74) is -2.04. The molecule has 0 heterocycles. The topological polar surface area (TPSA) is 43.1 Å². The number of aryl methyl sites for hydroxylation is 1. The molecule has 0 N–H and O–H groups in total. The molecule has 3 nitrogen and oxygen atoms in total. The van der Waals surface area contributed by atoms with Crippen LogP contribution < -0.4 is 0 Å². The van der Waals surface area contributed by atoms with Crippen LogP contribution in [0.2, 0.25) is 5.02 Å². The molecular formula is C8H5ClF3NO2. The Balaban J connectivity index is 3.51. The van der Waals surface area contributed by atoms with Crippen molar-refractivity contribution in [2.75, 3.05) is 0 Å². The average molecular weight is 240 g/mol. The van der Waals surface area contributed by atoms with E-state index in [1.165, 1.54) is 6.92 Å². The van der Waals surface area contributed by atoms with Gasteiger partial charge in [0.25, 0.3) is 5.69 Å². The summed E-state index contributed by atoms with van der Waals surface area (Å²) in [5.74, 6) is 0. The van der Waals surface area contributed by atoms with Gasteiger partial charge in [0.2, 0.25) is 0 Å². The molecule has 0 atom stereocenters. The smallest absolute Gasteiger partial charge is 0.258 e. The summed E-state index contributed by atoms with van der Waals surface area (Å²) in [5, 5.41) is 9.50. The zero-order valence-corrected chi connectivity index (χ0v) is 8.19. The molecule has 82 valence electrons. The van der Waals surface area contributed by atoms with Crippen LogP contribution >= 0.6 is 11.6 Å². The van der Waals surface area contributed by atoms with Crippen molar-refractivity contribution in [3.05, 3.63) is 38.4 Å². The maximum atomic E-state index is 12.4. The SMILES string of the molecule is Cc1ccc([N+](=O)[O-])c(Cl)c1C(F)(F)F. The molecule has 0 aliphatic carbocycles. The molecule has 0 bridgehead atoms. The minimum absolute atomic E-state index is 0.141. The summed E-state index contributed by atoms with van der Waals surface area (Å²) >= 11 is 5.33. The van der Waals surface area contributed by atoms with Gasteiger partial charge in [0.15, 0.2) is 0 Å². The predicted octanol–water partition coefficient (Wildman–Crippen LogP) is 3.58. The molecule has 1 aromatic carbocycles. The lowest BCUT2D eigenvalue weighted by molar-refractivity contribution is -0.385. The van der Waals surface area contributed by atoms with Crippen molar-refractivity contribution in [1.82, 2.24) is 0 Å². The maximum absolute atomic E-state index is 12.4. The largest absolute Gasteiger partial charge is 0.418 e. The highest BCUT2D eigenvalue weighted by atomic mass is 35.5. The third-order valence-electron chi connectivity index (χ3n) is 1.81. The van der Waals surface area contributed by atoms with Crippen molar-refractivity contribution in [2.45, 2.75) is 13.1 Å². The number of benzene rings is 1. The Labute approximate surface area is 87.6 Å². The third-order valence-corrected chi connectivity index (χ3v) is 2.19. The molecule has 15 heavy (non-hydrogen) atoms. The molecule has 1 rings (SSSR count). The Bertz CT molecular complexity index is 417. The monoisotopic (exact) mass is 239 g/mol. The first-order valence-electron chi connectivity index (χ1n) is 3.76. The van der Waals surface area contributed by atoms with Crippen LogP contribution in [0.3, 0.4) is 0 Å². The second-order valence-electron chi connectivity index (χ2n) is 2.85. The van der Waals surface area contributed by atoms with Gasteiger partial charge in [-0.05, 0) is 12.5 Å². The molecule has 0 saturated heterocycles. The number of hydrogen-bond acceptors (Lipinski definition) is 2. The molecule has 0 amide bonds. The number of nitro benzene ring substituents is 1. The molecule has 0 fully saturated rings. The Kier molecular flexibility index (Phi) is 2.90. The van der Waals surface area contributed by atoms with Gasteiger partial charge in [-0.1, -0.05) is 17.7 Å². The molecule has 1 aromatic rings. The molecule has 0 radical (unpaired) electrons. The van der Waals surface area contributed by atoms with Gasteiger partial charge >= 0.3 is 6.18 Å². The average Bonchev–Trinajstić information content (AvgIpc) is 2.00. The Morgan fingerprint density at radius 3 is 2.33 bits per heavy atom. The van der Waals surface area contributed by atoms with Crippen molar-refractivity contribution in [1.29, 1.82) is 0 Å². The molecule has 0 aliphatic heterocycles. The minimum atomic E-state index is -4.69. The molecule has 7 heteroatoms. The Hall–Kier alpha value is -1.30. The highest BCUT2D eigenvalue weighted by Crippen LogP contribution is 2.41. The van der Waals surface area contributed by atoms with Crippen LogP contribution in [0.25, 0.3) is 0 Å². The first kappa shape index (κ1) is 11.8. The quantitative estimate of drug-likeness (QED) is 0.555. The number of hydrogen-bond donors (Lipinski definition) is 0. The van der Waals surface area contributed by atoms with E-state index in [2.05, 4.69) is 0 Å². The second kappa shape index (κ2) is 3.69. The van der Waals surface area contributed by atoms with Gasteiger partial charge in [-0.2, -0.15) is 13.2 Å². The number of alkyl halides is 3. The lowest BCUT2D eigenvalue weighted by atomic mass is 10.1. The van der Waals surface area contributed by atoms with Crippen molar-refractivity contribution in [3.63, 3.8) is 0 Å². The van der Waals surface area contributed by atoms with Gasteiger partial charge in [-0.25, -0.2) is 0 Å². The lowest BCUT2D eigenvalue weighted by Gasteiger charge is -2.11. The van der Waals surface area contributed by atoms with E-state index in [0.717, 1.165) is 12.1 Å². The van der Waals surface area contributed by atoms with E-state index >= 15 is 0 Å². The van der Waals surface area contributed by atoms with Crippen molar-refractivity contribution in [3.8, 4) is 0 Å². The first-order chi connectivity index (χ1) is 6.75. The second-order valence-corrected chi connectivity index (χ2v) is 3.22.